The Morgan fingerprint density at radius 3 is 2.96 bits per heavy atom. The summed E-state index contributed by atoms with van der Waals surface area (Å²) in [6, 6.07) is 4.20. The molecule has 1 aliphatic carbocycles. The van der Waals surface area contributed by atoms with Gasteiger partial charge in [-0.2, -0.15) is 16.4 Å². The van der Waals surface area contributed by atoms with Crippen molar-refractivity contribution in [3.8, 4) is 0 Å². The molecule has 0 aromatic carbocycles. The molecule has 2 aromatic heterocycles. The zero-order valence-corrected chi connectivity index (χ0v) is 14.4. The molecular weight excluding hydrogens is 332 g/mol. The van der Waals surface area contributed by atoms with E-state index in [1.807, 2.05) is 10.7 Å². The van der Waals surface area contributed by atoms with Crippen molar-refractivity contribution in [2.75, 3.05) is 13.1 Å². The average molecular weight is 352 g/mol. The molecule has 2 aromatic rings. The van der Waals surface area contributed by atoms with E-state index in [9.17, 15) is 8.42 Å². The molecule has 6 nitrogen and oxygen atoms in total. The maximum absolute atomic E-state index is 12.1. The Labute approximate surface area is 140 Å². The van der Waals surface area contributed by atoms with Gasteiger partial charge in [0.25, 0.3) is 0 Å². The molecule has 0 radical (unpaired) electrons. The number of thiophene rings is 1. The average Bonchev–Trinajstić information content (AvgIpc) is 3.08. The summed E-state index contributed by atoms with van der Waals surface area (Å²) < 4.78 is 28.9. The predicted octanol–water partition coefficient (Wildman–Crippen LogP) is 1.58. The molecule has 0 spiro atoms. The van der Waals surface area contributed by atoms with E-state index in [1.165, 1.54) is 5.56 Å². The summed E-state index contributed by atoms with van der Waals surface area (Å²) in [5.74, 6) is 0. The maximum atomic E-state index is 12.1. The number of aromatic nitrogens is 2. The molecule has 23 heavy (non-hydrogen) atoms. The molecule has 0 amide bonds. The number of hydrogen-bond donors (Lipinski definition) is 1. The van der Waals surface area contributed by atoms with Crippen molar-refractivity contribution in [2.45, 2.75) is 37.2 Å². The van der Waals surface area contributed by atoms with E-state index in [-0.39, 0.29) is 11.3 Å². The molecule has 1 fully saturated rings. The molecule has 2 aliphatic rings. The lowest BCUT2D eigenvalue weighted by molar-refractivity contribution is 0.168. The molecule has 3 heterocycles. The van der Waals surface area contributed by atoms with Crippen LogP contribution in [0.5, 0.6) is 0 Å². The Morgan fingerprint density at radius 2 is 2.22 bits per heavy atom. The summed E-state index contributed by atoms with van der Waals surface area (Å²) >= 11 is 1.70. The number of sulfonamides is 1. The third-order valence-electron chi connectivity index (χ3n) is 4.42. The quantitative estimate of drug-likeness (QED) is 0.857. The highest BCUT2D eigenvalue weighted by molar-refractivity contribution is 7.90. The lowest BCUT2D eigenvalue weighted by atomic mass is 10.1. The highest BCUT2D eigenvalue weighted by atomic mass is 32.2. The fraction of sp³-hybridized carbons (Fsp3) is 0.533. The molecule has 4 rings (SSSR count). The van der Waals surface area contributed by atoms with Crippen molar-refractivity contribution in [3.05, 3.63) is 40.3 Å². The van der Waals surface area contributed by atoms with Gasteiger partial charge in [-0.15, -0.1) is 0 Å². The Kier molecular flexibility index (Phi) is 4.00. The largest absolute Gasteiger partial charge is 0.291 e. The summed E-state index contributed by atoms with van der Waals surface area (Å²) in [5.41, 5.74) is 2.45. The Bertz CT molecular complexity index is 765. The fourth-order valence-corrected chi connectivity index (χ4v) is 5.16. The zero-order valence-electron chi connectivity index (χ0n) is 12.8. The van der Waals surface area contributed by atoms with Gasteiger partial charge in [-0.25, -0.2) is 13.1 Å². The zero-order chi connectivity index (χ0) is 15.9. The van der Waals surface area contributed by atoms with Crippen LogP contribution in [0.15, 0.2) is 29.1 Å². The number of hydrogen-bond acceptors (Lipinski definition) is 5. The van der Waals surface area contributed by atoms with Crippen LogP contribution in [0, 0.1) is 0 Å². The highest BCUT2D eigenvalue weighted by Gasteiger charge is 2.36. The van der Waals surface area contributed by atoms with E-state index in [0.717, 1.165) is 38.2 Å². The first-order chi connectivity index (χ1) is 11.1. The van der Waals surface area contributed by atoms with E-state index in [0.29, 0.717) is 6.54 Å². The van der Waals surface area contributed by atoms with Gasteiger partial charge >= 0.3 is 0 Å². The summed E-state index contributed by atoms with van der Waals surface area (Å²) in [4.78, 5) is 2.36. The van der Waals surface area contributed by atoms with Gasteiger partial charge in [-0.3, -0.25) is 9.58 Å². The Balaban J connectivity index is 1.47. The van der Waals surface area contributed by atoms with Crippen LogP contribution in [0.2, 0.25) is 0 Å². The topological polar surface area (TPSA) is 67.2 Å². The normalized spacial score (nSPS) is 22.2. The minimum Gasteiger partial charge on any atom is -0.291 e. The standard InChI is InChI=1S/C15H20N4O2S2/c20-23(21,15-1-2-15)17-7-14-10-18(8-12-4-6-22-11-12)9-13-3-5-16-19(13)14/h3-6,11,14-15,17H,1-2,7-10H2. The van der Waals surface area contributed by atoms with Gasteiger partial charge in [0.1, 0.15) is 0 Å². The maximum Gasteiger partial charge on any atom is 0.214 e. The molecule has 1 aliphatic heterocycles. The smallest absolute Gasteiger partial charge is 0.214 e. The monoisotopic (exact) mass is 352 g/mol. The van der Waals surface area contributed by atoms with Crippen molar-refractivity contribution in [3.63, 3.8) is 0 Å². The van der Waals surface area contributed by atoms with E-state index in [2.05, 4.69) is 31.5 Å². The van der Waals surface area contributed by atoms with Crippen LogP contribution in [-0.4, -0.2) is 41.4 Å². The van der Waals surface area contributed by atoms with E-state index >= 15 is 0 Å². The molecule has 1 atom stereocenters. The number of fused-ring (bicyclic) bond motifs is 1. The highest BCUT2D eigenvalue weighted by Crippen LogP contribution is 2.28. The first-order valence-corrected chi connectivity index (χ1v) is 10.3. The van der Waals surface area contributed by atoms with Gasteiger partial charge in [0, 0.05) is 32.4 Å². The summed E-state index contributed by atoms with van der Waals surface area (Å²) in [5, 5.41) is 8.46. The third kappa shape index (κ3) is 3.35. The number of nitrogens with zero attached hydrogens (tertiary/aromatic N) is 3. The van der Waals surface area contributed by atoms with Crippen LogP contribution < -0.4 is 4.72 Å². The van der Waals surface area contributed by atoms with Gasteiger partial charge in [-0.1, -0.05) is 0 Å². The molecule has 1 unspecified atom stereocenters. The van der Waals surface area contributed by atoms with Gasteiger partial charge in [0.15, 0.2) is 0 Å². The third-order valence-corrected chi connectivity index (χ3v) is 7.07. The van der Waals surface area contributed by atoms with Crippen LogP contribution >= 0.6 is 11.3 Å². The molecule has 0 saturated heterocycles. The minimum absolute atomic E-state index is 0.0425. The van der Waals surface area contributed by atoms with Gasteiger partial charge in [0.05, 0.1) is 17.0 Å². The molecular formula is C15H20N4O2S2. The van der Waals surface area contributed by atoms with Gasteiger partial charge < -0.3 is 0 Å². The lowest BCUT2D eigenvalue weighted by Gasteiger charge is -2.33. The van der Waals surface area contributed by atoms with E-state index < -0.39 is 10.0 Å². The summed E-state index contributed by atoms with van der Waals surface area (Å²) in [7, 11) is -3.15. The predicted molar refractivity (Wildman–Crippen MR) is 89.6 cm³/mol. The van der Waals surface area contributed by atoms with Crippen molar-refractivity contribution in [1.29, 1.82) is 0 Å². The molecule has 124 valence electrons. The van der Waals surface area contributed by atoms with Crippen LogP contribution in [0.3, 0.4) is 0 Å². The summed E-state index contributed by atoms with van der Waals surface area (Å²) in [6.45, 7) is 2.95. The molecule has 1 N–H and O–H groups in total. The van der Waals surface area contributed by atoms with Crippen LogP contribution in [0.25, 0.3) is 0 Å². The van der Waals surface area contributed by atoms with Crippen molar-refractivity contribution >= 4 is 21.4 Å². The SMILES string of the molecule is O=S(=O)(NCC1CN(Cc2ccsc2)Cc2ccnn21)C1CC1. The van der Waals surface area contributed by atoms with E-state index in [1.54, 1.807) is 17.5 Å². The fourth-order valence-electron chi connectivity index (χ4n) is 3.09. The number of rotatable bonds is 6. The van der Waals surface area contributed by atoms with Gasteiger partial charge in [-0.05, 0) is 41.3 Å². The second-order valence-corrected chi connectivity index (χ2v) is 9.14. The Hall–Kier alpha value is -1.22. The second-order valence-electron chi connectivity index (χ2n) is 6.31. The van der Waals surface area contributed by atoms with Gasteiger partial charge in [0.2, 0.25) is 10.0 Å². The summed E-state index contributed by atoms with van der Waals surface area (Å²) in [6.07, 6.45) is 3.38. The van der Waals surface area contributed by atoms with Crippen molar-refractivity contribution in [1.82, 2.24) is 19.4 Å². The minimum atomic E-state index is -3.15. The van der Waals surface area contributed by atoms with E-state index in [4.69, 9.17) is 0 Å². The lowest BCUT2D eigenvalue weighted by Crippen LogP contribution is -2.43. The molecule has 1 saturated carbocycles. The van der Waals surface area contributed by atoms with Crippen LogP contribution in [0.4, 0.5) is 0 Å². The molecule has 8 heteroatoms. The molecule has 0 bridgehead atoms. The van der Waals surface area contributed by atoms with Crippen molar-refractivity contribution in [2.24, 2.45) is 0 Å². The second kappa shape index (κ2) is 6.01. The van der Waals surface area contributed by atoms with Crippen LogP contribution in [0.1, 0.15) is 30.1 Å². The van der Waals surface area contributed by atoms with Crippen molar-refractivity contribution < 1.29 is 8.42 Å². The van der Waals surface area contributed by atoms with Crippen LogP contribution in [-0.2, 0) is 23.1 Å². The number of nitrogens with one attached hydrogen (secondary N) is 1. The Morgan fingerprint density at radius 1 is 1.35 bits per heavy atom. The first kappa shape index (κ1) is 15.3. The first-order valence-electron chi connectivity index (χ1n) is 7.86.